The molecule has 3 rings (SSSR count). The summed E-state index contributed by atoms with van der Waals surface area (Å²) in [6.07, 6.45) is 2.79. The van der Waals surface area contributed by atoms with Gasteiger partial charge in [-0.2, -0.15) is 5.10 Å². The Bertz CT molecular complexity index is 794. The zero-order valence-corrected chi connectivity index (χ0v) is 14.1. The topological polar surface area (TPSA) is 73.2 Å². The van der Waals surface area contributed by atoms with Crippen LogP contribution >= 0.6 is 0 Å². The summed E-state index contributed by atoms with van der Waals surface area (Å²) in [4.78, 5) is 25.2. The smallest absolute Gasteiger partial charge is 0.274 e. The van der Waals surface area contributed by atoms with E-state index in [1.807, 2.05) is 19.9 Å². The van der Waals surface area contributed by atoms with Crippen molar-refractivity contribution in [3.8, 4) is 0 Å². The lowest BCUT2D eigenvalue weighted by atomic mass is 10.1. The minimum absolute atomic E-state index is 0.0433. The van der Waals surface area contributed by atoms with E-state index in [0.717, 1.165) is 25.9 Å². The van der Waals surface area contributed by atoms with E-state index in [9.17, 15) is 9.59 Å². The number of hydrogen-bond acceptors (Lipinski definition) is 4. The number of aryl methyl sites for hydroxylation is 1. The van der Waals surface area contributed by atoms with Gasteiger partial charge in [-0.1, -0.05) is 25.1 Å². The van der Waals surface area contributed by atoms with Crippen LogP contribution in [0.2, 0.25) is 0 Å². The number of carbonyl (C=O) groups excluding carboxylic acids is 1. The Morgan fingerprint density at radius 1 is 1.42 bits per heavy atom. The average molecular weight is 329 g/mol. The van der Waals surface area contributed by atoms with E-state index in [1.54, 1.807) is 18.2 Å². The van der Waals surface area contributed by atoms with Gasteiger partial charge < -0.3 is 10.1 Å². The number of hydrogen-bond donors (Lipinski definition) is 1. The van der Waals surface area contributed by atoms with Gasteiger partial charge in [0.1, 0.15) is 0 Å². The highest BCUT2D eigenvalue weighted by Gasteiger charge is 2.25. The maximum atomic E-state index is 12.7. The molecule has 2 heterocycles. The highest BCUT2D eigenvalue weighted by atomic mass is 16.5. The number of carbonyl (C=O) groups is 1. The van der Waals surface area contributed by atoms with E-state index < -0.39 is 0 Å². The van der Waals surface area contributed by atoms with Gasteiger partial charge in [0, 0.05) is 18.5 Å². The van der Waals surface area contributed by atoms with Crippen LogP contribution in [-0.2, 0) is 11.3 Å². The molecule has 1 saturated heterocycles. The van der Waals surface area contributed by atoms with Crippen molar-refractivity contribution in [1.29, 1.82) is 0 Å². The Morgan fingerprint density at radius 2 is 2.17 bits per heavy atom. The molecule has 2 atom stereocenters. The Kier molecular flexibility index (Phi) is 4.94. The van der Waals surface area contributed by atoms with E-state index in [2.05, 4.69) is 10.4 Å². The van der Waals surface area contributed by atoms with E-state index in [4.69, 9.17) is 4.74 Å². The van der Waals surface area contributed by atoms with Crippen molar-refractivity contribution >= 4 is 16.7 Å². The summed E-state index contributed by atoms with van der Waals surface area (Å²) in [6, 6.07) is 7.04. The van der Waals surface area contributed by atoms with Crippen molar-refractivity contribution in [2.75, 3.05) is 6.61 Å². The normalized spacial score (nSPS) is 18.7. The Hall–Kier alpha value is -2.21. The predicted octanol–water partition coefficient (Wildman–Crippen LogP) is 2.10. The summed E-state index contributed by atoms with van der Waals surface area (Å²) in [5.41, 5.74) is 0.139. The molecule has 1 fully saturated rings. The van der Waals surface area contributed by atoms with E-state index in [1.165, 1.54) is 4.68 Å². The molecule has 0 aliphatic carbocycles. The molecule has 1 aromatic carbocycles. The Labute approximate surface area is 140 Å². The first kappa shape index (κ1) is 16.6. The second kappa shape index (κ2) is 7.13. The fourth-order valence-corrected chi connectivity index (χ4v) is 3.13. The van der Waals surface area contributed by atoms with Gasteiger partial charge in [-0.15, -0.1) is 0 Å². The van der Waals surface area contributed by atoms with Crippen molar-refractivity contribution in [2.24, 2.45) is 0 Å². The van der Waals surface area contributed by atoms with Crippen molar-refractivity contribution in [3.05, 3.63) is 40.3 Å². The summed E-state index contributed by atoms with van der Waals surface area (Å²) < 4.78 is 7.01. The van der Waals surface area contributed by atoms with E-state index >= 15 is 0 Å². The molecule has 2 aromatic rings. The van der Waals surface area contributed by atoms with Crippen LogP contribution in [0.1, 0.15) is 43.6 Å². The minimum atomic E-state index is -0.265. The summed E-state index contributed by atoms with van der Waals surface area (Å²) >= 11 is 0. The van der Waals surface area contributed by atoms with Crippen LogP contribution in [0.5, 0.6) is 0 Å². The number of aromatic nitrogens is 2. The second-order valence-electron chi connectivity index (χ2n) is 6.24. The summed E-state index contributed by atoms with van der Waals surface area (Å²) in [6.45, 7) is 5.15. The molecule has 1 aromatic heterocycles. The monoisotopic (exact) mass is 329 g/mol. The van der Waals surface area contributed by atoms with Crippen LogP contribution < -0.4 is 10.9 Å². The van der Waals surface area contributed by atoms with Crippen LogP contribution in [-0.4, -0.2) is 34.4 Å². The molecule has 1 amide bonds. The van der Waals surface area contributed by atoms with E-state index in [0.29, 0.717) is 23.0 Å². The molecule has 1 aliphatic heterocycles. The summed E-state index contributed by atoms with van der Waals surface area (Å²) in [5, 5.41) is 8.41. The summed E-state index contributed by atoms with van der Waals surface area (Å²) in [5.74, 6) is -0.265. The molecule has 128 valence electrons. The Morgan fingerprint density at radius 3 is 2.83 bits per heavy atom. The van der Waals surface area contributed by atoms with Gasteiger partial charge in [-0.05, 0) is 32.3 Å². The van der Waals surface area contributed by atoms with Crippen molar-refractivity contribution < 1.29 is 9.53 Å². The van der Waals surface area contributed by atoms with Crippen LogP contribution in [0.25, 0.3) is 10.8 Å². The largest absolute Gasteiger partial charge is 0.376 e. The lowest BCUT2D eigenvalue weighted by molar-refractivity contribution is 0.0709. The highest BCUT2D eigenvalue weighted by Crippen LogP contribution is 2.17. The third-order valence-corrected chi connectivity index (χ3v) is 4.40. The van der Waals surface area contributed by atoms with Gasteiger partial charge >= 0.3 is 0 Å². The SMILES string of the molecule is CCCn1nc(C(=O)N[C@@H](C)[C@@H]2CCCO2)c2ccccc2c1=O. The number of rotatable bonds is 5. The van der Waals surface area contributed by atoms with Crippen molar-refractivity contribution in [2.45, 2.75) is 51.8 Å². The molecule has 0 saturated carbocycles. The van der Waals surface area contributed by atoms with Crippen molar-refractivity contribution in [1.82, 2.24) is 15.1 Å². The maximum absolute atomic E-state index is 12.7. The molecule has 0 radical (unpaired) electrons. The number of ether oxygens (including phenoxy) is 1. The fourth-order valence-electron chi connectivity index (χ4n) is 3.13. The number of nitrogens with zero attached hydrogens (tertiary/aromatic N) is 2. The zero-order chi connectivity index (χ0) is 17.1. The van der Waals surface area contributed by atoms with Gasteiger partial charge in [-0.3, -0.25) is 9.59 Å². The third-order valence-electron chi connectivity index (χ3n) is 4.40. The molecule has 1 N–H and O–H groups in total. The zero-order valence-electron chi connectivity index (χ0n) is 14.1. The number of fused-ring (bicyclic) bond motifs is 1. The number of benzene rings is 1. The standard InChI is InChI=1S/C18H23N3O3/c1-3-10-21-18(23)14-8-5-4-7-13(14)16(20-21)17(22)19-12(2)15-9-6-11-24-15/h4-5,7-8,12,15H,3,6,9-11H2,1-2H3,(H,19,22)/t12-,15-/m0/s1. The van der Waals surface area contributed by atoms with Gasteiger partial charge in [-0.25, -0.2) is 4.68 Å². The first-order chi connectivity index (χ1) is 11.6. The number of amides is 1. The second-order valence-corrected chi connectivity index (χ2v) is 6.24. The molecule has 0 unspecified atom stereocenters. The van der Waals surface area contributed by atoms with Crippen LogP contribution in [0.4, 0.5) is 0 Å². The van der Waals surface area contributed by atoms with Gasteiger partial charge in [0.15, 0.2) is 5.69 Å². The van der Waals surface area contributed by atoms with Crippen LogP contribution in [0, 0.1) is 0 Å². The molecular weight excluding hydrogens is 306 g/mol. The van der Waals surface area contributed by atoms with Gasteiger partial charge in [0.25, 0.3) is 11.5 Å². The average Bonchev–Trinajstić information content (AvgIpc) is 3.12. The molecule has 6 heteroatoms. The predicted molar refractivity (Wildman–Crippen MR) is 92.2 cm³/mol. The lowest BCUT2D eigenvalue weighted by Crippen LogP contribution is -2.42. The van der Waals surface area contributed by atoms with E-state index in [-0.39, 0.29) is 23.6 Å². The Balaban J connectivity index is 1.96. The quantitative estimate of drug-likeness (QED) is 0.912. The minimum Gasteiger partial charge on any atom is -0.376 e. The first-order valence-electron chi connectivity index (χ1n) is 8.54. The molecular formula is C18H23N3O3. The number of nitrogens with one attached hydrogen (secondary N) is 1. The molecule has 0 spiro atoms. The summed E-state index contributed by atoms with van der Waals surface area (Å²) in [7, 11) is 0. The van der Waals surface area contributed by atoms with Crippen LogP contribution in [0.15, 0.2) is 29.1 Å². The van der Waals surface area contributed by atoms with Crippen LogP contribution in [0.3, 0.4) is 0 Å². The molecule has 24 heavy (non-hydrogen) atoms. The fraction of sp³-hybridized carbons (Fsp3) is 0.500. The molecule has 0 bridgehead atoms. The lowest BCUT2D eigenvalue weighted by Gasteiger charge is -2.20. The van der Waals surface area contributed by atoms with Gasteiger partial charge in [0.2, 0.25) is 0 Å². The van der Waals surface area contributed by atoms with Crippen molar-refractivity contribution in [3.63, 3.8) is 0 Å². The van der Waals surface area contributed by atoms with Gasteiger partial charge in [0.05, 0.1) is 17.5 Å². The molecule has 6 nitrogen and oxygen atoms in total. The maximum Gasteiger partial charge on any atom is 0.274 e. The third kappa shape index (κ3) is 3.19. The highest BCUT2D eigenvalue weighted by molar-refractivity contribution is 6.04. The molecule has 1 aliphatic rings. The first-order valence-corrected chi connectivity index (χ1v) is 8.54.